The number of ether oxygens (including phenoxy) is 2. The summed E-state index contributed by atoms with van der Waals surface area (Å²) in [4.78, 5) is 21.6. The van der Waals surface area contributed by atoms with Gasteiger partial charge in [0, 0.05) is 50.5 Å². The molecule has 0 radical (unpaired) electrons. The third kappa shape index (κ3) is 2.89. The number of anilines is 1. The Bertz CT molecular complexity index is 687. The minimum absolute atomic E-state index is 0.0750. The van der Waals surface area contributed by atoms with Crippen LogP contribution in [-0.2, 0) is 9.47 Å². The maximum atomic E-state index is 12.8. The van der Waals surface area contributed by atoms with E-state index in [2.05, 4.69) is 23.7 Å². The summed E-state index contributed by atoms with van der Waals surface area (Å²) in [5.74, 6) is 1.59. The molecular weight excluding hydrogens is 330 g/mol. The zero-order valence-corrected chi connectivity index (χ0v) is 16.0. The first-order chi connectivity index (χ1) is 12.5. The topological polar surface area (TPSA) is 54.9 Å². The van der Waals surface area contributed by atoms with Crippen molar-refractivity contribution in [2.24, 2.45) is 16.7 Å². The lowest BCUT2D eigenvalue weighted by atomic mass is 9.48. The minimum atomic E-state index is 0.0750. The molecule has 0 unspecified atom stereocenters. The van der Waals surface area contributed by atoms with Gasteiger partial charge in [0.05, 0.1) is 19.8 Å². The first-order valence-corrected chi connectivity index (χ1v) is 9.52. The fraction of sp³-hybridized carbons (Fsp3) is 0.700. The first kappa shape index (κ1) is 17.7. The van der Waals surface area contributed by atoms with Crippen molar-refractivity contribution in [2.45, 2.75) is 20.3 Å². The molecule has 2 atom stereocenters. The van der Waals surface area contributed by atoms with Crippen LogP contribution in [0.25, 0.3) is 0 Å². The van der Waals surface area contributed by atoms with Crippen molar-refractivity contribution < 1.29 is 14.3 Å². The summed E-state index contributed by atoms with van der Waals surface area (Å²) in [7, 11) is 1.79. The van der Waals surface area contributed by atoms with Crippen LogP contribution in [0.4, 0.5) is 5.82 Å². The SMILES string of the molecule is COC[C@@]12CN(c3cc(C(=O)N4CCOCC4)ccn3)C[C@@H]1C(C)(C)C2. The van der Waals surface area contributed by atoms with E-state index in [1.807, 2.05) is 17.0 Å². The van der Waals surface area contributed by atoms with Crippen molar-refractivity contribution in [2.75, 3.05) is 58.0 Å². The number of nitrogens with zero attached hydrogens (tertiary/aromatic N) is 3. The normalized spacial score (nSPS) is 30.0. The molecule has 2 saturated heterocycles. The summed E-state index contributed by atoms with van der Waals surface area (Å²) in [6.07, 6.45) is 2.94. The van der Waals surface area contributed by atoms with E-state index in [9.17, 15) is 4.79 Å². The van der Waals surface area contributed by atoms with Gasteiger partial charge in [0.15, 0.2) is 0 Å². The molecule has 1 aromatic rings. The third-order valence-corrected chi connectivity index (χ3v) is 6.45. The van der Waals surface area contributed by atoms with Gasteiger partial charge in [-0.25, -0.2) is 4.98 Å². The standard InChI is InChI=1S/C20H29N3O3/c1-19(2)12-20(14-25-3)13-23(11-16(19)20)17-10-15(4-5-21-17)18(24)22-6-8-26-9-7-22/h4-5,10,16H,6-9,11-14H2,1-3H3/t16-,20-/m1/s1. The summed E-state index contributed by atoms with van der Waals surface area (Å²) in [5, 5.41) is 0. The predicted octanol–water partition coefficient (Wildman–Crippen LogP) is 2.05. The van der Waals surface area contributed by atoms with Gasteiger partial charge < -0.3 is 19.3 Å². The van der Waals surface area contributed by atoms with Crippen molar-refractivity contribution in [3.05, 3.63) is 23.9 Å². The maximum absolute atomic E-state index is 12.8. The van der Waals surface area contributed by atoms with E-state index in [-0.39, 0.29) is 11.3 Å². The molecule has 1 amide bonds. The number of pyridine rings is 1. The quantitative estimate of drug-likeness (QED) is 0.824. The van der Waals surface area contributed by atoms with E-state index in [0.29, 0.717) is 37.6 Å². The number of rotatable bonds is 4. The largest absolute Gasteiger partial charge is 0.384 e. The Morgan fingerprint density at radius 3 is 2.85 bits per heavy atom. The Labute approximate surface area is 155 Å². The van der Waals surface area contributed by atoms with E-state index in [1.165, 1.54) is 6.42 Å². The highest BCUT2D eigenvalue weighted by molar-refractivity contribution is 5.95. The van der Waals surface area contributed by atoms with Crippen LogP contribution in [0.1, 0.15) is 30.6 Å². The van der Waals surface area contributed by atoms with E-state index in [0.717, 1.165) is 31.1 Å². The average Bonchev–Trinajstić information content (AvgIpc) is 2.97. The van der Waals surface area contributed by atoms with Crippen LogP contribution in [0, 0.1) is 16.7 Å². The first-order valence-electron chi connectivity index (χ1n) is 9.52. The zero-order valence-electron chi connectivity index (χ0n) is 16.0. The Hall–Kier alpha value is -1.66. The van der Waals surface area contributed by atoms with E-state index in [1.54, 1.807) is 13.3 Å². The lowest BCUT2D eigenvalue weighted by Gasteiger charge is -2.56. The van der Waals surface area contributed by atoms with Gasteiger partial charge in [-0.1, -0.05) is 13.8 Å². The van der Waals surface area contributed by atoms with Crippen LogP contribution in [0.2, 0.25) is 0 Å². The van der Waals surface area contributed by atoms with Gasteiger partial charge in [0.1, 0.15) is 5.82 Å². The Balaban J connectivity index is 1.53. The van der Waals surface area contributed by atoms with Gasteiger partial charge >= 0.3 is 0 Å². The molecule has 1 aliphatic carbocycles. The number of hydrogen-bond acceptors (Lipinski definition) is 5. The van der Waals surface area contributed by atoms with E-state index in [4.69, 9.17) is 9.47 Å². The molecule has 6 heteroatoms. The Morgan fingerprint density at radius 1 is 1.38 bits per heavy atom. The van der Waals surface area contributed by atoms with Crippen LogP contribution >= 0.6 is 0 Å². The number of hydrogen-bond donors (Lipinski definition) is 0. The zero-order chi connectivity index (χ0) is 18.4. The molecule has 0 N–H and O–H groups in total. The molecule has 142 valence electrons. The predicted molar refractivity (Wildman–Crippen MR) is 99.4 cm³/mol. The molecule has 0 aromatic carbocycles. The second-order valence-corrected chi connectivity index (χ2v) is 8.70. The highest BCUT2D eigenvalue weighted by Crippen LogP contribution is 2.63. The number of aromatic nitrogens is 1. The molecular formula is C20H29N3O3. The lowest BCUT2D eigenvalue weighted by molar-refractivity contribution is -0.106. The smallest absolute Gasteiger partial charge is 0.254 e. The number of morpholine rings is 1. The van der Waals surface area contributed by atoms with Crippen molar-refractivity contribution in [1.82, 2.24) is 9.88 Å². The van der Waals surface area contributed by atoms with Crippen molar-refractivity contribution >= 4 is 11.7 Å². The molecule has 6 nitrogen and oxygen atoms in total. The van der Waals surface area contributed by atoms with Gasteiger partial charge in [-0.15, -0.1) is 0 Å². The average molecular weight is 359 g/mol. The highest BCUT2D eigenvalue weighted by atomic mass is 16.5. The highest BCUT2D eigenvalue weighted by Gasteiger charge is 2.62. The van der Waals surface area contributed by atoms with Gasteiger partial charge in [0.25, 0.3) is 5.91 Å². The van der Waals surface area contributed by atoms with Gasteiger partial charge in [-0.3, -0.25) is 4.79 Å². The molecule has 1 aromatic heterocycles. The molecule has 4 rings (SSSR count). The monoisotopic (exact) mass is 359 g/mol. The van der Waals surface area contributed by atoms with Gasteiger partial charge in [-0.2, -0.15) is 0 Å². The van der Waals surface area contributed by atoms with Crippen molar-refractivity contribution in [3.8, 4) is 0 Å². The summed E-state index contributed by atoms with van der Waals surface area (Å²) in [6, 6.07) is 3.77. The molecule has 0 spiro atoms. The summed E-state index contributed by atoms with van der Waals surface area (Å²) < 4.78 is 10.9. The lowest BCUT2D eigenvalue weighted by Crippen LogP contribution is -2.55. The van der Waals surface area contributed by atoms with Crippen LogP contribution in [-0.4, -0.2) is 68.9 Å². The minimum Gasteiger partial charge on any atom is -0.384 e. The van der Waals surface area contributed by atoms with Crippen LogP contribution < -0.4 is 4.90 Å². The number of carbonyl (C=O) groups excluding carboxylic acids is 1. The van der Waals surface area contributed by atoms with Crippen molar-refractivity contribution in [1.29, 1.82) is 0 Å². The number of fused-ring (bicyclic) bond motifs is 1. The summed E-state index contributed by atoms with van der Waals surface area (Å²) >= 11 is 0. The summed E-state index contributed by atoms with van der Waals surface area (Å²) in [5.41, 5.74) is 1.29. The molecule has 3 aliphatic rings. The Morgan fingerprint density at radius 2 is 2.15 bits per heavy atom. The molecule has 3 fully saturated rings. The van der Waals surface area contributed by atoms with Crippen LogP contribution in [0.5, 0.6) is 0 Å². The van der Waals surface area contributed by atoms with E-state index < -0.39 is 0 Å². The molecule has 26 heavy (non-hydrogen) atoms. The molecule has 3 heterocycles. The second-order valence-electron chi connectivity index (χ2n) is 8.70. The number of carbonyl (C=O) groups is 1. The fourth-order valence-electron chi connectivity index (χ4n) is 5.46. The number of amides is 1. The van der Waals surface area contributed by atoms with Gasteiger partial charge in [-0.05, 0) is 29.9 Å². The molecule has 0 bridgehead atoms. The number of methoxy groups -OCH3 is 1. The maximum Gasteiger partial charge on any atom is 0.254 e. The fourth-order valence-corrected chi connectivity index (χ4v) is 5.46. The van der Waals surface area contributed by atoms with E-state index >= 15 is 0 Å². The molecule has 2 aliphatic heterocycles. The van der Waals surface area contributed by atoms with Crippen molar-refractivity contribution in [3.63, 3.8) is 0 Å². The molecule has 1 saturated carbocycles. The third-order valence-electron chi connectivity index (χ3n) is 6.45. The Kier molecular flexibility index (Phi) is 4.43. The van der Waals surface area contributed by atoms with Crippen LogP contribution in [0.15, 0.2) is 18.3 Å². The summed E-state index contributed by atoms with van der Waals surface area (Å²) in [6.45, 7) is 9.99. The second kappa shape index (κ2) is 6.50. The van der Waals surface area contributed by atoms with Crippen LogP contribution in [0.3, 0.4) is 0 Å². The van der Waals surface area contributed by atoms with Gasteiger partial charge in [0.2, 0.25) is 0 Å².